The zero-order valence-corrected chi connectivity index (χ0v) is 30.4. The number of benzene rings is 3. The SMILES string of the molecule is CC(C)(C)c1c[c-]c2c(c1)-c1cc(C(C)(C)C)ccc1C2.Cl.Cl.[C-]1=CC=CC1.[CH2-]CCC.[CH2-]c1ccccc1.[CH2]=[Zr]. The van der Waals surface area contributed by atoms with Gasteiger partial charge >= 0.3 is 28.4 Å². The van der Waals surface area contributed by atoms with Gasteiger partial charge in [-0.3, -0.25) is 6.08 Å². The molecule has 41 heavy (non-hydrogen) atoms. The van der Waals surface area contributed by atoms with Gasteiger partial charge in [-0.15, -0.1) is 48.9 Å². The predicted octanol–water partition coefficient (Wildman–Crippen LogP) is 11.3. The summed E-state index contributed by atoms with van der Waals surface area (Å²) in [4.78, 5) is 0. The summed E-state index contributed by atoms with van der Waals surface area (Å²) in [5.41, 5.74) is 9.83. The van der Waals surface area contributed by atoms with Crippen molar-refractivity contribution in [2.75, 3.05) is 0 Å². The van der Waals surface area contributed by atoms with Gasteiger partial charge in [0.25, 0.3) is 0 Å². The molecule has 3 aromatic carbocycles. The summed E-state index contributed by atoms with van der Waals surface area (Å²) in [7, 11) is 0. The van der Waals surface area contributed by atoms with Gasteiger partial charge in [-0.1, -0.05) is 95.7 Å². The third-order valence-electron chi connectivity index (χ3n) is 6.31. The molecule has 0 nitrogen and oxygen atoms in total. The summed E-state index contributed by atoms with van der Waals surface area (Å²) in [6, 6.07) is 24.9. The van der Waals surface area contributed by atoms with E-state index >= 15 is 0 Å². The van der Waals surface area contributed by atoms with Crippen LogP contribution in [0.2, 0.25) is 0 Å². The molecular formula is C38H50Cl2Zr-4. The van der Waals surface area contributed by atoms with Crippen LogP contribution in [0.25, 0.3) is 11.1 Å². The van der Waals surface area contributed by atoms with Gasteiger partial charge in [-0.25, -0.2) is 12.2 Å². The minimum atomic E-state index is 0. The van der Waals surface area contributed by atoms with Gasteiger partial charge < -0.3 is 6.92 Å². The molecule has 3 aromatic rings. The van der Waals surface area contributed by atoms with E-state index in [-0.39, 0.29) is 35.6 Å². The first-order valence-electron chi connectivity index (χ1n) is 13.9. The second-order valence-corrected chi connectivity index (χ2v) is 11.7. The molecule has 0 unspecified atom stereocenters. The number of unbranched alkanes of at least 4 members (excludes halogenated alkanes) is 1. The third kappa shape index (κ3) is 14.9. The second-order valence-electron chi connectivity index (χ2n) is 11.7. The fraction of sp³-hybridized carbons (Fsp3) is 0.342. The molecule has 0 N–H and O–H groups in total. The van der Waals surface area contributed by atoms with E-state index < -0.39 is 0 Å². The predicted molar refractivity (Wildman–Crippen MR) is 185 cm³/mol. The van der Waals surface area contributed by atoms with Crippen LogP contribution in [0.4, 0.5) is 0 Å². The van der Waals surface area contributed by atoms with Gasteiger partial charge in [0.2, 0.25) is 0 Å². The van der Waals surface area contributed by atoms with Crippen molar-refractivity contribution in [3.63, 3.8) is 0 Å². The van der Waals surface area contributed by atoms with E-state index in [4.69, 9.17) is 0 Å². The zero-order chi connectivity index (χ0) is 29.5. The molecule has 0 heterocycles. The van der Waals surface area contributed by atoms with Crippen LogP contribution in [-0.2, 0) is 41.5 Å². The molecule has 2 aliphatic rings. The summed E-state index contributed by atoms with van der Waals surface area (Å²) in [6.45, 7) is 23.1. The molecule has 0 aromatic heterocycles. The van der Waals surface area contributed by atoms with Gasteiger partial charge in [0.15, 0.2) is 0 Å². The topological polar surface area (TPSA) is 0 Å². The van der Waals surface area contributed by atoms with Gasteiger partial charge in [0.1, 0.15) is 0 Å². The maximum atomic E-state index is 3.72. The molecule has 3 heteroatoms. The van der Waals surface area contributed by atoms with Crippen LogP contribution in [0.5, 0.6) is 0 Å². The van der Waals surface area contributed by atoms with Crippen molar-refractivity contribution < 1.29 is 24.2 Å². The first kappa shape index (κ1) is 41.5. The number of halogens is 2. The Balaban J connectivity index is 0. The summed E-state index contributed by atoms with van der Waals surface area (Å²) >= 11 is 1.30. The van der Waals surface area contributed by atoms with Crippen molar-refractivity contribution in [1.82, 2.24) is 0 Å². The van der Waals surface area contributed by atoms with E-state index in [1.165, 1.54) is 64.0 Å². The van der Waals surface area contributed by atoms with Gasteiger partial charge in [0, 0.05) is 0 Å². The maximum absolute atomic E-state index is 3.72. The van der Waals surface area contributed by atoms with E-state index in [2.05, 4.69) is 115 Å². The number of allylic oxidation sites excluding steroid dienone is 4. The van der Waals surface area contributed by atoms with Crippen molar-refractivity contribution in [2.45, 2.75) is 85.0 Å². The first-order valence-corrected chi connectivity index (χ1v) is 15.6. The Morgan fingerprint density at radius 2 is 1.41 bits per heavy atom. The van der Waals surface area contributed by atoms with Crippen LogP contribution in [0.1, 0.15) is 95.5 Å². The van der Waals surface area contributed by atoms with E-state index in [0.717, 1.165) is 24.8 Å². The average molecular weight is 669 g/mol. The van der Waals surface area contributed by atoms with E-state index in [1.54, 1.807) is 0 Å². The summed E-state index contributed by atoms with van der Waals surface area (Å²) in [6.07, 6.45) is 13.3. The Labute approximate surface area is 280 Å². The normalized spacial score (nSPS) is 11.6. The van der Waals surface area contributed by atoms with Crippen LogP contribution >= 0.6 is 24.8 Å². The molecule has 0 saturated heterocycles. The molecule has 0 spiro atoms. The molecular weight excluding hydrogens is 619 g/mol. The summed E-state index contributed by atoms with van der Waals surface area (Å²) < 4.78 is 3.34. The first-order chi connectivity index (χ1) is 18.5. The monoisotopic (exact) mass is 666 g/mol. The van der Waals surface area contributed by atoms with Gasteiger partial charge in [-0.05, 0) is 17.4 Å². The molecule has 2 aliphatic carbocycles. The van der Waals surface area contributed by atoms with Crippen LogP contribution in [-0.4, -0.2) is 4.21 Å². The molecule has 224 valence electrons. The van der Waals surface area contributed by atoms with Gasteiger partial charge in [0.05, 0.1) is 0 Å². The molecule has 0 amide bonds. The fourth-order valence-electron chi connectivity index (χ4n) is 3.80. The van der Waals surface area contributed by atoms with Crippen molar-refractivity contribution in [3.05, 3.63) is 133 Å². The Hall–Kier alpha value is -1.66. The Kier molecular flexibility index (Phi) is 21.3. The van der Waals surface area contributed by atoms with E-state index in [1.807, 2.05) is 42.5 Å². The van der Waals surface area contributed by atoms with Crippen LogP contribution in [0.15, 0.2) is 78.9 Å². The third-order valence-corrected chi connectivity index (χ3v) is 6.31. The number of hydrogen-bond acceptors (Lipinski definition) is 0. The molecule has 0 atom stereocenters. The molecule has 5 rings (SSSR count). The molecule has 0 bridgehead atoms. The van der Waals surface area contributed by atoms with Crippen molar-refractivity contribution in [1.29, 1.82) is 0 Å². The minimum absolute atomic E-state index is 0. The number of fused-ring (bicyclic) bond motifs is 3. The van der Waals surface area contributed by atoms with Crippen LogP contribution in [0, 0.1) is 26.0 Å². The quantitative estimate of drug-likeness (QED) is 0.177. The molecule has 0 saturated carbocycles. The van der Waals surface area contributed by atoms with Crippen molar-refractivity contribution in [2.24, 2.45) is 0 Å². The standard InChI is InChI=1S/C21H25.C7H7.C5H5.C4H9.CH2.2ClH.Zr/c1-20(2,3)16-9-7-14-11-15-8-10-17(21(4,5)6)13-19(15)18(14)12-16;1-7-5-3-2-4-6-7;1-2-4-5-3-1;1-3-4-2;;;;/h7,9-10,12-13H,11H2,1-6H3;2-6H,1H2;1-3H,4H2;1,3-4H2,2H3;1H2;2*1H;/q4*-1;;;;. The Morgan fingerprint density at radius 1 is 0.854 bits per heavy atom. The van der Waals surface area contributed by atoms with Crippen molar-refractivity contribution >= 4 is 29.0 Å². The van der Waals surface area contributed by atoms with E-state index in [0.29, 0.717) is 0 Å². The molecule has 0 aliphatic heterocycles. The van der Waals surface area contributed by atoms with Crippen LogP contribution < -0.4 is 0 Å². The van der Waals surface area contributed by atoms with Gasteiger partial charge in [-0.2, -0.15) is 66.4 Å². The number of rotatable bonds is 1. The van der Waals surface area contributed by atoms with Crippen LogP contribution in [0.3, 0.4) is 0 Å². The molecule has 0 fully saturated rings. The second kappa shape index (κ2) is 21.1. The Morgan fingerprint density at radius 3 is 1.80 bits per heavy atom. The number of hydrogen-bond donors (Lipinski definition) is 0. The molecule has 0 radical (unpaired) electrons. The fourth-order valence-corrected chi connectivity index (χ4v) is 3.80. The summed E-state index contributed by atoms with van der Waals surface area (Å²) in [5, 5.41) is 0. The van der Waals surface area contributed by atoms with Crippen molar-refractivity contribution in [3.8, 4) is 11.1 Å². The Bertz CT molecular complexity index is 1110. The average Bonchev–Trinajstić information content (AvgIpc) is 3.61. The van der Waals surface area contributed by atoms with E-state index in [9.17, 15) is 0 Å². The zero-order valence-electron chi connectivity index (χ0n) is 26.3. The summed E-state index contributed by atoms with van der Waals surface area (Å²) in [5.74, 6) is 0.